The van der Waals surface area contributed by atoms with Gasteiger partial charge in [-0.25, -0.2) is 4.98 Å². The third-order valence-electron chi connectivity index (χ3n) is 6.11. The second-order valence-corrected chi connectivity index (χ2v) is 8.33. The Balaban J connectivity index is 1.50. The zero-order chi connectivity index (χ0) is 18.8. The highest BCUT2D eigenvalue weighted by Gasteiger charge is 2.33. The van der Waals surface area contributed by atoms with Crippen molar-refractivity contribution in [3.05, 3.63) is 35.4 Å². The van der Waals surface area contributed by atoms with Gasteiger partial charge in [-0.2, -0.15) is 0 Å². The molecule has 2 aromatic rings. The molecule has 5 nitrogen and oxygen atoms in total. The average Bonchev–Trinajstić information content (AvgIpc) is 2.68. The maximum atomic E-state index is 9.62. The van der Waals surface area contributed by atoms with Crippen LogP contribution in [0, 0.1) is 0 Å². The zero-order valence-electron chi connectivity index (χ0n) is 16.0. The first-order valence-electron chi connectivity index (χ1n) is 10.0. The van der Waals surface area contributed by atoms with Crippen LogP contribution in [-0.4, -0.2) is 78.4 Å². The lowest BCUT2D eigenvalue weighted by Crippen LogP contribution is -2.58. The number of piperazine rings is 1. The number of benzene rings is 1. The topological polar surface area (TPSA) is 42.8 Å². The van der Waals surface area contributed by atoms with E-state index < -0.39 is 0 Å². The van der Waals surface area contributed by atoms with Crippen LogP contribution < -0.4 is 4.90 Å². The molecule has 1 atom stereocenters. The van der Waals surface area contributed by atoms with Crippen molar-refractivity contribution >= 4 is 28.3 Å². The third kappa shape index (κ3) is 4.21. The molecule has 0 bridgehead atoms. The predicted octanol–water partition coefficient (Wildman–Crippen LogP) is 2.86. The van der Waals surface area contributed by atoms with Crippen LogP contribution in [-0.2, 0) is 0 Å². The van der Waals surface area contributed by atoms with Crippen LogP contribution in [0.15, 0.2) is 30.3 Å². The number of fused-ring (bicyclic) bond motifs is 1. The summed E-state index contributed by atoms with van der Waals surface area (Å²) in [7, 11) is 2.21. The number of halogens is 1. The summed E-state index contributed by atoms with van der Waals surface area (Å²) >= 11 is 6.09. The predicted molar refractivity (Wildman–Crippen MR) is 112 cm³/mol. The molecule has 2 aliphatic heterocycles. The van der Waals surface area contributed by atoms with Gasteiger partial charge in [0.15, 0.2) is 0 Å². The van der Waals surface area contributed by atoms with Crippen molar-refractivity contribution < 1.29 is 5.11 Å². The summed E-state index contributed by atoms with van der Waals surface area (Å²) in [5.74, 6) is 1.02. The molecule has 27 heavy (non-hydrogen) atoms. The first kappa shape index (κ1) is 18.9. The number of aliphatic hydroxyl groups is 1. The number of likely N-dealkylation sites (tertiary alicyclic amines) is 1. The molecule has 0 amide bonds. The van der Waals surface area contributed by atoms with E-state index in [0.717, 1.165) is 47.8 Å². The highest BCUT2D eigenvalue weighted by Crippen LogP contribution is 2.27. The largest absolute Gasteiger partial charge is 0.396 e. The summed E-state index contributed by atoms with van der Waals surface area (Å²) in [6.45, 7) is 5.54. The minimum Gasteiger partial charge on any atom is -0.396 e. The van der Waals surface area contributed by atoms with Gasteiger partial charge in [-0.15, -0.1) is 0 Å². The lowest BCUT2D eigenvalue weighted by molar-refractivity contribution is 0.0596. The number of anilines is 1. The minimum absolute atomic E-state index is 0.241. The van der Waals surface area contributed by atoms with Crippen molar-refractivity contribution in [2.45, 2.75) is 31.3 Å². The lowest BCUT2D eigenvalue weighted by atomic mass is 9.98. The number of aromatic nitrogens is 1. The summed E-state index contributed by atoms with van der Waals surface area (Å²) in [5.41, 5.74) is 0.980. The number of nitrogens with zero attached hydrogens (tertiary/aromatic N) is 4. The van der Waals surface area contributed by atoms with E-state index in [1.165, 1.54) is 25.9 Å². The van der Waals surface area contributed by atoms with Gasteiger partial charge >= 0.3 is 0 Å². The SMILES string of the molecule is CN1CCC(N2CCN(c3ccc4cc(Cl)ccc4n3)C[C@@H]2CCO)CC1. The Morgan fingerprint density at radius 1 is 1.11 bits per heavy atom. The molecule has 2 aliphatic rings. The molecule has 1 aromatic heterocycles. The molecule has 0 unspecified atom stereocenters. The summed E-state index contributed by atoms with van der Waals surface area (Å²) in [6.07, 6.45) is 3.28. The summed E-state index contributed by atoms with van der Waals surface area (Å²) in [4.78, 5) is 12.3. The van der Waals surface area contributed by atoms with Gasteiger partial charge < -0.3 is 14.9 Å². The van der Waals surface area contributed by atoms with E-state index in [1.54, 1.807) is 0 Å². The fourth-order valence-electron chi connectivity index (χ4n) is 4.55. The van der Waals surface area contributed by atoms with E-state index in [9.17, 15) is 5.11 Å². The maximum Gasteiger partial charge on any atom is 0.129 e. The molecular formula is C21H29ClN4O. The van der Waals surface area contributed by atoms with E-state index in [4.69, 9.17) is 16.6 Å². The minimum atomic E-state index is 0.241. The standard InChI is InChI=1S/C21H29ClN4O/c1-24-9-6-18(7-10-24)26-12-11-25(15-19(26)8-13-27)21-5-2-16-14-17(22)3-4-20(16)23-21/h2-5,14,18-19,27H,6-13,15H2,1H3/t19-/m0/s1. The average molecular weight is 389 g/mol. The lowest BCUT2D eigenvalue weighted by Gasteiger charge is -2.47. The highest BCUT2D eigenvalue weighted by atomic mass is 35.5. The smallest absolute Gasteiger partial charge is 0.129 e. The molecular weight excluding hydrogens is 360 g/mol. The van der Waals surface area contributed by atoms with Gasteiger partial charge in [0.1, 0.15) is 5.82 Å². The monoisotopic (exact) mass is 388 g/mol. The zero-order valence-corrected chi connectivity index (χ0v) is 16.8. The summed E-state index contributed by atoms with van der Waals surface area (Å²) < 4.78 is 0. The molecule has 4 rings (SSSR count). The Hall–Kier alpha value is -1.40. The number of hydrogen-bond acceptors (Lipinski definition) is 5. The quantitative estimate of drug-likeness (QED) is 0.872. The van der Waals surface area contributed by atoms with E-state index >= 15 is 0 Å². The van der Waals surface area contributed by atoms with Crippen molar-refractivity contribution in [2.75, 3.05) is 51.3 Å². The van der Waals surface area contributed by atoms with Crippen molar-refractivity contribution in [2.24, 2.45) is 0 Å². The Morgan fingerprint density at radius 2 is 1.93 bits per heavy atom. The van der Waals surface area contributed by atoms with Crippen molar-refractivity contribution in [1.29, 1.82) is 0 Å². The summed E-state index contributed by atoms with van der Waals surface area (Å²) in [6, 6.07) is 11.1. The van der Waals surface area contributed by atoms with E-state index in [0.29, 0.717) is 12.1 Å². The Bertz CT molecular complexity index is 778. The van der Waals surface area contributed by atoms with Crippen LogP contribution >= 0.6 is 11.6 Å². The van der Waals surface area contributed by atoms with Crippen molar-refractivity contribution in [1.82, 2.24) is 14.8 Å². The molecule has 146 valence electrons. The Morgan fingerprint density at radius 3 is 2.70 bits per heavy atom. The molecule has 1 N–H and O–H groups in total. The van der Waals surface area contributed by atoms with E-state index in [-0.39, 0.29) is 6.61 Å². The fourth-order valence-corrected chi connectivity index (χ4v) is 4.73. The molecule has 0 radical (unpaired) electrons. The van der Waals surface area contributed by atoms with Crippen LogP contribution in [0.25, 0.3) is 10.9 Å². The van der Waals surface area contributed by atoms with Crippen LogP contribution in [0.3, 0.4) is 0 Å². The molecule has 2 saturated heterocycles. The van der Waals surface area contributed by atoms with Crippen molar-refractivity contribution in [3.8, 4) is 0 Å². The first-order chi connectivity index (χ1) is 13.1. The Kier molecular flexibility index (Phi) is 5.83. The van der Waals surface area contributed by atoms with Crippen molar-refractivity contribution in [3.63, 3.8) is 0 Å². The normalized spacial score (nSPS) is 23.2. The number of aliphatic hydroxyl groups excluding tert-OH is 1. The molecule has 2 fully saturated rings. The second-order valence-electron chi connectivity index (χ2n) is 7.89. The fraction of sp³-hybridized carbons (Fsp3) is 0.571. The highest BCUT2D eigenvalue weighted by molar-refractivity contribution is 6.31. The molecule has 3 heterocycles. The number of rotatable bonds is 4. The number of piperidine rings is 1. The summed E-state index contributed by atoms with van der Waals surface area (Å²) in [5, 5.41) is 11.4. The second kappa shape index (κ2) is 8.31. The van der Waals surface area contributed by atoms with Crippen LogP contribution in [0.1, 0.15) is 19.3 Å². The van der Waals surface area contributed by atoms with Crippen LogP contribution in [0.5, 0.6) is 0 Å². The number of pyridine rings is 1. The maximum absolute atomic E-state index is 9.62. The third-order valence-corrected chi connectivity index (χ3v) is 6.34. The van der Waals surface area contributed by atoms with E-state index in [2.05, 4.69) is 33.9 Å². The molecule has 6 heteroatoms. The van der Waals surface area contributed by atoms with E-state index in [1.807, 2.05) is 18.2 Å². The van der Waals surface area contributed by atoms with Gasteiger partial charge in [-0.1, -0.05) is 11.6 Å². The van der Waals surface area contributed by atoms with Gasteiger partial charge in [0, 0.05) is 48.7 Å². The van der Waals surface area contributed by atoms with Gasteiger partial charge in [0.05, 0.1) is 5.52 Å². The van der Waals surface area contributed by atoms with Gasteiger partial charge in [-0.3, -0.25) is 4.90 Å². The molecule has 0 saturated carbocycles. The van der Waals surface area contributed by atoms with Gasteiger partial charge in [-0.05, 0) is 69.7 Å². The first-order valence-corrected chi connectivity index (χ1v) is 10.4. The van der Waals surface area contributed by atoms with Crippen LogP contribution in [0.4, 0.5) is 5.82 Å². The van der Waals surface area contributed by atoms with Gasteiger partial charge in [0.25, 0.3) is 0 Å². The molecule has 1 aromatic carbocycles. The Labute approximate surface area is 166 Å². The van der Waals surface area contributed by atoms with Gasteiger partial charge in [0.2, 0.25) is 0 Å². The molecule has 0 spiro atoms. The van der Waals surface area contributed by atoms with Crippen LogP contribution in [0.2, 0.25) is 5.02 Å². The number of hydrogen-bond donors (Lipinski definition) is 1. The molecule has 0 aliphatic carbocycles.